The quantitative estimate of drug-likeness (QED) is 0.626. The van der Waals surface area contributed by atoms with Crippen LogP contribution in [0.1, 0.15) is 16.7 Å². The maximum Gasteiger partial charge on any atom is 0.123 e. The van der Waals surface area contributed by atoms with Crippen LogP contribution in [0.3, 0.4) is 0 Å². The fourth-order valence-corrected chi connectivity index (χ4v) is 1.91. The second-order valence-electron chi connectivity index (χ2n) is 4.41. The molecule has 0 aliphatic carbocycles. The highest BCUT2D eigenvalue weighted by atomic mass is 16.5. The van der Waals surface area contributed by atoms with Gasteiger partial charge in [-0.15, -0.1) is 0 Å². The van der Waals surface area contributed by atoms with Crippen molar-refractivity contribution in [1.29, 1.82) is 5.41 Å². The summed E-state index contributed by atoms with van der Waals surface area (Å²) in [5.74, 6) is 0.893. The molecule has 2 aromatic rings. The fourth-order valence-electron chi connectivity index (χ4n) is 1.91. The van der Waals surface area contributed by atoms with Crippen LogP contribution < -0.4 is 10.5 Å². The number of nitrogens with two attached hydrogens (primary N) is 1. The van der Waals surface area contributed by atoms with Crippen LogP contribution in [-0.4, -0.2) is 12.9 Å². The van der Waals surface area contributed by atoms with E-state index in [0.29, 0.717) is 13.2 Å². The Morgan fingerprint density at radius 2 is 1.75 bits per heavy atom. The van der Waals surface area contributed by atoms with Crippen molar-refractivity contribution in [3.05, 3.63) is 65.2 Å². The molecular formula is C16H18N2O2. The summed E-state index contributed by atoms with van der Waals surface area (Å²) in [6.07, 6.45) is 0. The van der Waals surface area contributed by atoms with Crippen LogP contribution in [0, 0.1) is 5.41 Å². The lowest BCUT2D eigenvalue weighted by Gasteiger charge is -2.09. The van der Waals surface area contributed by atoms with Gasteiger partial charge in [0, 0.05) is 5.56 Å². The van der Waals surface area contributed by atoms with E-state index in [2.05, 4.69) is 0 Å². The highest BCUT2D eigenvalue weighted by molar-refractivity contribution is 5.96. The molecule has 2 rings (SSSR count). The number of nitrogens with one attached hydrogen (secondary N) is 1. The number of rotatable bonds is 6. The van der Waals surface area contributed by atoms with Gasteiger partial charge in [0.1, 0.15) is 11.6 Å². The zero-order valence-corrected chi connectivity index (χ0v) is 11.4. The zero-order chi connectivity index (χ0) is 14.4. The largest absolute Gasteiger partial charge is 0.497 e. The van der Waals surface area contributed by atoms with Gasteiger partial charge in [-0.2, -0.15) is 0 Å². The van der Waals surface area contributed by atoms with Gasteiger partial charge in [0.15, 0.2) is 0 Å². The van der Waals surface area contributed by atoms with E-state index in [1.165, 1.54) is 0 Å². The lowest BCUT2D eigenvalue weighted by Crippen LogP contribution is -2.14. The molecule has 0 radical (unpaired) electrons. The van der Waals surface area contributed by atoms with Gasteiger partial charge in [-0.05, 0) is 23.3 Å². The molecule has 0 aliphatic rings. The van der Waals surface area contributed by atoms with Crippen molar-refractivity contribution >= 4 is 5.84 Å². The van der Waals surface area contributed by atoms with Gasteiger partial charge in [-0.3, -0.25) is 5.41 Å². The van der Waals surface area contributed by atoms with Crippen LogP contribution in [0.2, 0.25) is 0 Å². The first-order valence-corrected chi connectivity index (χ1v) is 6.33. The predicted octanol–water partition coefficient (Wildman–Crippen LogP) is 2.70. The van der Waals surface area contributed by atoms with Crippen molar-refractivity contribution in [2.24, 2.45) is 5.73 Å². The van der Waals surface area contributed by atoms with E-state index < -0.39 is 0 Å². The maximum atomic E-state index is 7.53. The number of nitrogen functional groups attached to an aromatic ring is 1. The summed E-state index contributed by atoms with van der Waals surface area (Å²) in [4.78, 5) is 0. The number of ether oxygens (including phenoxy) is 2. The van der Waals surface area contributed by atoms with Gasteiger partial charge in [0.05, 0.1) is 20.3 Å². The van der Waals surface area contributed by atoms with Crippen molar-refractivity contribution in [3.8, 4) is 5.75 Å². The SMILES string of the molecule is COc1ccc(COCc2ccccc2C(=N)N)cc1. The third-order valence-electron chi connectivity index (χ3n) is 2.99. The molecule has 4 heteroatoms. The number of hydrogen-bond acceptors (Lipinski definition) is 3. The van der Waals surface area contributed by atoms with Crippen molar-refractivity contribution < 1.29 is 9.47 Å². The van der Waals surface area contributed by atoms with Crippen molar-refractivity contribution in [2.75, 3.05) is 7.11 Å². The molecule has 0 unspecified atom stereocenters. The molecule has 104 valence electrons. The van der Waals surface area contributed by atoms with Gasteiger partial charge in [0.25, 0.3) is 0 Å². The Hall–Kier alpha value is -2.33. The molecule has 0 aliphatic heterocycles. The first-order chi connectivity index (χ1) is 9.70. The molecule has 0 fully saturated rings. The summed E-state index contributed by atoms with van der Waals surface area (Å²) in [5, 5.41) is 7.53. The molecule has 0 bridgehead atoms. The van der Waals surface area contributed by atoms with E-state index in [1.54, 1.807) is 7.11 Å². The number of amidine groups is 1. The zero-order valence-electron chi connectivity index (χ0n) is 11.4. The highest BCUT2D eigenvalue weighted by Gasteiger charge is 2.04. The fraction of sp³-hybridized carbons (Fsp3) is 0.188. The highest BCUT2D eigenvalue weighted by Crippen LogP contribution is 2.14. The lowest BCUT2D eigenvalue weighted by molar-refractivity contribution is 0.107. The molecular weight excluding hydrogens is 252 g/mol. The van der Waals surface area contributed by atoms with Gasteiger partial charge < -0.3 is 15.2 Å². The van der Waals surface area contributed by atoms with E-state index in [9.17, 15) is 0 Å². The van der Waals surface area contributed by atoms with Gasteiger partial charge in [0.2, 0.25) is 0 Å². The smallest absolute Gasteiger partial charge is 0.123 e. The number of benzene rings is 2. The van der Waals surface area contributed by atoms with Crippen molar-refractivity contribution in [1.82, 2.24) is 0 Å². The molecule has 0 atom stereocenters. The monoisotopic (exact) mass is 270 g/mol. The van der Waals surface area contributed by atoms with Gasteiger partial charge in [-0.25, -0.2) is 0 Å². The van der Waals surface area contributed by atoms with Crippen LogP contribution in [-0.2, 0) is 18.0 Å². The van der Waals surface area contributed by atoms with Crippen LogP contribution in [0.5, 0.6) is 5.75 Å². The Labute approximate surface area is 118 Å². The standard InChI is InChI=1S/C16H18N2O2/c1-19-14-8-6-12(7-9-14)10-20-11-13-4-2-3-5-15(13)16(17)18/h2-9H,10-11H2,1H3,(H3,17,18). The summed E-state index contributed by atoms with van der Waals surface area (Å²) in [7, 11) is 1.64. The first kappa shape index (κ1) is 14.1. The molecule has 3 N–H and O–H groups in total. The molecule has 4 nitrogen and oxygen atoms in total. The van der Waals surface area contributed by atoms with E-state index in [4.69, 9.17) is 20.6 Å². The normalized spacial score (nSPS) is 10.2. The lowest BCUT2D eigenvalue weighted by atomic mass is 10.1. The molecule has 0 heterocycles. The van der Waals surface area contributed by atoms with Crippen molar-refractivity contribution in [2.45, 2.75) is 13.2 Å². The number of methoxy groups -OCH3 is 1. The molecule has 0 saturated heterocycles. The molecule has 2 aromatic carbocycles. The minimum atomic E-state index is 0.0636. The maximum absolute atomic E-state index is 7.53. The summed E-state index contributed by atoms with van der Waals surface area (Å²) in [6, 6.07) is 15.3. The third kappa shape index (κ3) is 3.59. The van der Waals surface area contributed by atoms with E-state index in [1.807, 2.05) is 48.5 Å². The third-order valence-corrected chi connectivity index (χ3v) is 2.99. The van der Waals surface area contributed by atoms with Gasteiger partial charge >= 0.3 is 0 Å². The second-order valence-corrected chi connectivity index (χ2v) is 4.41. The van der Waals surface area contributed by atoms with E-state index in [0.717, 1.165) is 22.4 Å². The van der Waals surface area contributed by atoms with Crippen molar-refractivity contribution in [3.63, 3.8) is 0 Å². The summed E-state index contributed by atoms with van der Waals surface area (Å²) in [5.41, 5.74) is 8.27. The Morgan fingerprint density at radius 3 is 2.40 bits per heavy atom. The van der Waals surface area contributed by atoms with Crippen LogP contribution in [0.4, 0.5) is 0 Å². The summed E-state index contributed by atoms with van der Waals surface area (Å²) >= 11 is 0. The average Bonchev–Trinajstić information content (AvgIpc) is 2.48. The minimum Gasteiger partial charge on any atom is -0.497 e. The molecule has 20 heavy (non-hydrogen) atoms. The Balaban J connectivity index is 1.94. The predicted molar refractivity (Wildman–Crippen MR) is 78.9 cm³/mol. The van der Waals surface area contributed by atoms with Crippen LogP contribution in [0.15, 0.2) is 48.5 Å². The molecule has 0 saturated carbocycles. The van der Waals surface area contributed by atoms with Crippen LogP contribution >= 0.6 is 0 Å². The number of hydrogen-bond donors (Lipinski definition) is 2. The Kier molecular flexibility index (Phi) is 4.74. The Bertz CT molecular complexity index is 579. The van der Waals surface area contributed by atoms with Gasteiger partial charge in [-0.1, -0.05) is 36.4 Å². The topological polar surface area (TPSA) is 68.3 Å². The summed E-state index contributed by atoms with van der Waals surface area (Å²) in [6.45, 7) is 0.942. The molecule has 0 spiro atoms. The summed E-state index contributed by atoms with van der Waals surface area (Å²) < 4.78 is 10.8. The van der Waals surface area contributed by atoms with Crippen LogP contribution in [0.25, 0.3) is 0 Å². The molecule has 0 aromatic heterocycles. The van der Waals surface area contributed by atoms with E-state index >= 15 is 0 Å². The first-order valence-electron chi connectivity index (χ1n) is 6.33. The molecule has 0 amide bonds. The van der Waals surface area contributed by atoms with E-state index in [-0.39, 0.29) is 5.84 Å². The minimum absolute atomic E-state index is 0.0636. The Morgan fingerprint density at radius 1 is 1.05 bits per heavy atom. The second kappa shape index (κ2) is 6.73. The average molecular weight is 270 g/mol.